The molecule has 2 aromatic rings. The van der Waals surface area contributed by atoms with Gasteiger partial charge in [-0.15, -0.1) is 0 Å². The normalized spacial score (nSPS) is 9.38. The molecule has 0 amide bonds. The maximum atomic E-state index is 8.92. The van der Waals surface area contributed by atoms with E-state index in [0.717, 1.165) is 5.56 Å². The molecule has 2 heterocycles. The second kappa shape index (κ2) is 4.24. The van der Waals surface area contributed by atoms with Crippen molar-refractivity contribution in [3.63, 3.8) is 0 Å². The topological polar surface area (TPSA) is 78.3 Å². The second-order valence-corrected chi connectivity index (χ2v) is 3.15. The molecule has 0 aliphatic heterocycles. The Hall–Kier alpha value is -2.66. The van der Waals surface area contributed by atoms with Crippen LogP contribution in [0.25, 0.3) is 0 Å². The molecule has 0 bridgehead atoms. The highest BCUT2D eigenvalue weighted by Gasteiger charge is 2.09. The van der Waals surface area contributed by atoms with E-state index in [4.69, 9.17) is 10.5 Å². The highest BCUT2D eigenvalue weighted by molar-refractivity contribution is 5.36. The van der Waals surface area contributed by atoms with Crippen molar-refractivity contribution in [1.29, 1.82) is 10.5 Å². The van der Waals surface area contributed by atoms with Gasteiger partial charge in [0, 0.05) is 12.4 Å². The van der Waals surface area contributed by atoms with E-state index in [1.165, 1.54) is 6.33 Å². The van der Waals surface area contributed by atoms with Crippen molar-refractivity contribution in [2.45, 2.75) is 6.54 Å². The molecule has 0 spiro atoms. The van der Waals surface area contributed by atoms with E-state index in [0.29, 0.717) is 6.54 Å². The van der Waals surface area contributed by atoms with E-state index in [9.17, 15) is 0 Å². The van der Waals surface area contributed by atoms with Crippen LogP contribution in [-0.4, -0.2) is 14.5 Å². The van der Waals surface area contributed by atoms with Gasteiger partial charge in [-0.1, -0.05) is 6.07 Å². The van der Waals surface area contributed by atoms with Crippen LogP contribution in [0.4, 0.5) is 0 Å². The Morgan fingerprint density at radius 2 is 2.19 bits per heavy atom. The molecule has 2 aromatic heterocycles. The van der Waals surface area contributed by atoms with E-state index in [1.807, 2.05) is 24.3 Å². The number of nitriles is 2. The summed E-state index contributed by atoms with van der Waals surface area (Å²) >= 11 is 0. The van der Waals surface area contributed by atoms with E-state index in [-0.39, 0.29) is 11.4 Å². The van der Waals surface area contributed by atoms with Crippen LogP contribution in [-0.2, 0) is 6.54 Å². The first-order chi connectivity index (χ1) is 7.85. The van der Waals surface area contributed by atoms with Gasteiger partial charge in [0.15, 0.2) is 11.4 Å². The number of hydrogen-bond acceptors (Lipinski definition) is 4. The Bertz CT molecular complexity index is 571. The molecule has 16 heavy (non-hydrogen) atoms. The molecular formula is C11H7N5. The summed E-state index contributed by atoms with van der Waals surface area (Å²) in [7, 11) is 0. The second-order valence-electron chi connectivity index (χ2n) is 3.15. The first-order valence-electron chi connectivity index (χ1n) is 4.59. The first kappa shape index (κ1) is 9.88. The average Bonchev–Trinajstić information content (AvgIpc) is 2.72. The molecule has 76 valence electrons. The SMILES string of the molecule is N#Cc1ncn(Cc2cccnc2)c1C#N. The summed E-state index contributed by atoms with van der Waals surface area (Å²) in [5.41, 5.74) is 1.40. The molecule has 0 aliphatic carbocycles. The number of rotatable bonds is 2. The van der Waals surface area contributed by atoms with Gasteiger partial charge in [-0.25, -0.2) is 4.98 Å². The van der Waals surface area contributed by atoms with E-state index in [1.54, 1.807) is 17.0 Å². The Kier molecular flexibility index (Phi) is 2.62. The molecule has 2 rings (SSSR count). The predicted octanol–water partition coefficient (Wildman–Crippen LogP) is 1.07. The smallest absolute Gasteiger partial charge is 0.176 e. The summed E-state index contributed by atoms with van der Waals surface area (Å²) in [4.78, 5) is 7.84. The molecule has 0 saturated heterocycles. The molecule has 0 radical (unpaired) electrons. The van der Waals surface area contributed by atoms with Gasteiger partial charge in [-0.2, -0.15) is 10.5 Å². The zero-order chi connectivity index (χ0) is 11.4. The number of hydrogen-bond donors (Lipinski definition) is 0. The predicted molar refractivity (Wildman–Crippen MR) is 55.0 cm³/mol. The molecular weight excluding hydrogens is 202 g/mol. The van der Waals surface area contributed by atoms with Crippen molar-refractivity contribution in [2.75, 3.05) is 0 Å². The lowest BCUT2D eigenvalue weighted by Crippen LogP contribution is -2.01. The fraction of sp³-hybridized carbons (Fsp3) is 0.0909. The van der Waals surface area contributed by atoms with Crippen LogP contribution in [0.2, 0.25) is 0 Å². The quantitative estimate of drug-likeness (QED) is 0.741. The third-order valence-corrected chi connectivity index (χ3v) is 2.13. The third-order valence-electron chi connectivity index (χ3n) is 2.13. The van der Waals surface area contributed by atoms with E-state index < -0.39 is 0 Å². The first-order valence-corrected chi connectivity index (χ1v) is 4.59. The summed E-state index contributed by atoms with van der Waals surface area (Å²) in [6, 6.07) is 7.58. The molecule has 0 atom stereocenters. The van der Waals surface area contributed by atoms with Crippen LogP contribution < -0.4 is 0 Å². The van der Waals surface area contributed by atoms with Gasteiger partial charge in [0.1, 0.15) is 12.1 Å². The summed E-state index contributed by atoms with van der Waals surface area (Å²) < 4.78 is 1.63. The summed E-state index contributed by atoms with van der Waals surface area (Å²) in [5, 5.41) is 17.7. The highest BCUT2D eigenvalue weighted by atomic mass is 15.1. The molecule has 0 fully saturated rings. The molecule has 0 saturated carbocycles. The molecule has 5 nitrogen and oxygen atoms in total. The minimum absolute atomic E-state index is 0.159. The Labute approximate surface area is 92.2 Å². The largest absolute Gasteiger partial charge is 0.317 e. The lowest BCUT2D eigenvalue weighted by Gasteiger charge is -2.02. The molecule has 0 unspecified atom stereocenters. The molecule has 0 aromatic carbocycles. The molecule has 0 N–H and O–H groups in total. The van der Waals surface area contributed by atoms with Gasteiger partial charge in [0.2, 0.25) is 0 Å². The maximum absolute atomic E-state index is 8.92. The van der Waals surface area contributed by atoms with Crippen molar-refractivity contribution >= 4 is 0 Å². The van der Waals surface area contributed by atoms with Gasteiger partial charge in [-0.3, -0.25) is 4.98 Å². The minimum atomic E-state index is 0.159. The van der Waals surface area contributed by atoms with Crippen molar-refractivity contribution in [1.82, 2.24) is 14.5 Å². The van der Waals surface area contributed by atoms with Crippen molar-refractivity contribution in [2.24, 2.45) is 0 Å². The summed E-state index contributed by atoms with van der Waals surface area (Å²) in [5.74, 6) is 0. The molecule has 0 aliphatic rings. The third kappa shape index (κ3) is 1.75. The van der Waals surface area contributed by atoms with Crippen LogP contribution in [0, 0.1) is 22.7 Å². The van der Waals surface area contributed by atoms with Gasteiger partial charge < -0.3 is 4.57 Å². The number of nitrogens with zero attached hydrogens (tertiary/aromatic N) is 5. The Morgan fingerprint density at radius 3 is 2.81 bits per heavy atom. The van der Waals surface area contributed by atoms with Crippen LogP contribution in [0.15, 0.2) is 30.9 Å². The Balaban J connectivity index is 2.34. The van der Waals surface area contributed by atoms with Gasteiger partial charge >= 0.3 is 0 Å². The zero-order valence-electron chi connectivity index (χ0n) is 8.33. The van der Waals surface area contributed by atoms with Crippen LogP contribution in [0.3, 0.4) is 0 Å². The fourth-order valence-electron chi connectivity index (χ4n) is 1.39. The average molecular weight is 209 g/mol. The van der Waals surface area contributed by atoms with Crippen molar-refractivity contribution < 1.29 is 0 Å². The van der Waals surface area contributed by atoms with Crippen LogP contribution in [0.5, 0.6) is 0 Å². The van der Waals surface area contributed by atoms with Crippen LogP contribution >= 0.6 is 0 Å². The van der Waals surface area contributed by atoms with E-state index >= 15 is 0 Å². The number of pyridine rings is 1. The maximum Gasteiger partial charge on any atom is 0.176 e. The number of aromatic nitrogens is 3. The zero-order valence-corrected chi connectivity index (χ0v) is 8.33. The van der Waals surface area contributed by atoms with Gasteiger partial charge in [-0.05, 0) is 11.6 Å². The number of imidazole rings is 1. The minimum Gasteiger partial charge on any atom is -0.317 e. The van der Waals surface area contributed by atoms with Gasteiger partial charge in [0.05, 0.1) is 12.9 Å². The summed E-state index contributed by atoms with van der Waals surface area (Å²) in [6.45, 7) is 0.491. The lowest BCUT2D eigenvalue weighted by atomic mass is 10.3. The summed E-state index contributed by atoms with van der Waals surface area (Å²) in [6.07, 6.45) is 4.89. The monoisotopic (exact) mass is 209 g/mol. The van der Waals surface area contributed by atoms with E-state index in [2.05, 4.69) is 9.97 Å². The van der Waals surface area contributed by atoms with Gasteiger partial charge in [0.25, 0.3) is 0 Å². The van der Waals surface area contributed by atoms with Crippen LogP contribution in [0.1, 0.15) is 17.0 Å². The standard InChI is InChI=1S/C11H7N5/c12-4-10-11(5-13)16(8-15-10)7-9-2-1-3-14-6-9/h1-3,6,8H,7H2. The highest BCUT2D eigenvalue weighted by Crippen LogP contribution is 2.08. The Morgan fingerprint density at radius 1 is 1.31 bits per heavy atom. The van der Waals surface area contributed by atoms with Crippen molar-refractivity contribution in [3.8, 4) is 12.1 Å². The van der Waals surface area contributed by atoms with Crippen molar-refractivity contribution in [3.05, 3.63) is 47.8 Å². The molecule has 5 heteroatoms. The lowest BCUT2D eigenvalue weighted by molar-refractivity contribution is 0.782. The fourth-order valence-corrected chi connectivity index (χ4v) is 1.39.